The van der Waals surface area contributed by atoms with Crippen molar-refractivity contribution in [2.24, 2.45) is 10.1 Å². The third kappa shape index (κ3) is 5.39. The van der Waals surface area contributed by atoms with Crippen LogP contribution in [0.2, 0.25) is 0 Å². The number of likely N-dealkylation sites (tertiary alicyclic amines) is 1. The summed E-state index contributed by atoms with van der Waals surface area (Å²) in [5, 5.41) is 4.32. The van der Waals surface area contributed by atoms with Gasteiger partial charge in [0.15, 0.2) is 0 Å². The number of hydrogen-bond acceptors (Lipinski definition) is 5. The molecule has 1 N–H and O–H groups in total. The van der Waals surface area contributed by atoms with Gasteiger partial charge in [0.05, 0.1) is 11.4 Å². The van der Waals surface area contributed by atoms with Crippen LogP contribution in [0.15, 0.2) is 89.0 Å². The summed E-state index contributed by atoms with van der Waals surface area (Å²) in [6.45, 7) is 8.69. The van der Waals surface area contributed by atoms with E-state index in [1.165, 1.54) is 31.2 Å². The van der Waals surface area contributed by atoms with Crippen molar-refractivity contribution >= 4 is 35.2 Å². The number of hydrazone groups is 1. The van der Waals surface area contributed by atoms with E-state index in [0.717, 1.165) is 77.1 Å². The van der Waals surface area contributed by atoms with Gasteiger partial charge in [0.25, 0.3) is 11.8 Å². The van der Waals surface area contributed by atoms with Gasteiger partial charge in [-0.3, -0.25) is 15.0 Å². The number of amides is 2. The molecule has 4 aliphatic rings. The van der Waals surface area contributed by atoms with E-state index in [4.69, 9.17) is 0 Å². The molecule has 2 fully saturated rings. The summed E-state index contributed by atoms with van der Waals surface area (Å²) in [6, 6.07) is 20.0. The Hall–Kier alpha value is -4.78. The van der Waals surface area contributed by atoms with Gasteiger partial charge >= 0.3 is 0 Å². The van der Waals surface area contributed by atoms with Gasteiger partial charge in [-0.05, 0) is 110 Å². The predicted octanol–water partition coefficient (Wildman–Crippen LogP) is 6.63. The fourth-order valence-corrected chi connectivity index (χ4v) is 6.59. The topological polar surface area (TPSA) is 77.4 Å². The quantitative estimate of drug-likeness (QED) is 0.366. The summed E-state index contributed by atoms with van der Waals surface area (Å²) in [7, 11) is 0. The van der Waals surface area contributed by atoms with Crippen LogP contribution in [-0.4, -0.2) is 48.4 Å². The maximum atomic E-state index is 13.7. The fraction of sp³-hybridized carbons (Fsp3) is 0.297. The van der Waals surface area contributed by atoms with Crippen LogP contribution >= 0.6 is 0 Å². The number of allylic oxidation sites excluding steroid dienone is 2. The van der Waals surface area contributed by atoms with Gasteiger partial charge < -0.3 is 9.80 Å². The number of rotatable bonds is 5. The second-order valence-electron chi connectivity index (χ2n) is 12.2. The molecular formula is C37H37N5O2. The Morgan fingerprint density at radius 1 is 0.955 bits per heavy atom. The molecular weight excluding hydrogens is 546 g/mol. The van der Waals surface area contributed by atoms with Gasteiger partial charge in [-0.15, -0.1) is 0 Å². The highest BCUT2D eigenvalue weighted by Gasteiger charge is 2.30. The van der Waals surface area contributed by atoms with E-state index in [9.17, 15) is 9.59 Å². The lowest BCUT2D eigenvalue weighted by Crippen LogP contribution is -2.38. The first kappa shape index (κ1) is 28.0. The Bertz CT molecular complexity index is 1740. The average molecular weight is 584 g/mol. The van der Waals surface area contributed by atoms with Crippen molar-refractivity contribution in [3.63, 3.8) is 0 Å². The Morgan fingerprint density at radius 3 is 2.52 bits per heavy atom. The van der Waals surface area contributed by atoms with Crippen LogP contribution in [0.5, 0.6) is 0 Å². The van der Waals surface area contributed by atoms with Crippen molar-refractivity contribution < 1.29 is 9.59 Å². The molecule has 0 radical (unpaired) electrons. The van der Waals surface area contributed by atoms with Gasteiger partial charge in [0.2, 0.25) is 0 Å². The third-order valence-corrected chi connectivity index (χ3v) is 9.25. The monoisotopic (exact) mass is 583 g/mol. The molecule has 7 nitrogen and oxygen atoms in total. The smallest absolute Gasteiger partial charge is 0.258 e. The van der Waals surface area contributed by atoms with Crippen molar-refractivity contribution in [1.29, 1.82) is 0 Å². The number of fused-ring (bicyclic) bond motifs is 1. The number of aliphatic imine (C=N–C) groups is 1. The van der Waals surface area contributed by atoms with Gasteiger partial charge in [0, 0.05) is 42.0 Å². The third-order valence-electron chi connectivity index (χ3n) is 9.25. The lowest BCUT2D eigenvalue weighted by atomic mass is 9.92. The maximum absolute atomic E-state index is 13.7. The summed E-state index contributed by atoms with van der Waals surface area (Å²) in [5.74, 6) is 0.801. The maximum Gasteiger partial charge on any atom is 0.258 e. The van der Waals surface area contributed by atoms with Crippen LogP contribution in [0.25, 0.3) is 5.70 Å². The molecule has 7 heteroatoms. The summed E-state index contributed by atoms with van der Waals surface area (Å²) in [5.41, 5.74) is 12.9. The minimum Gasteiger partial charge on any atom is -0.339 e. The second-order valence-corrected chi connectivity index (χ2v) is 12.2. The highest BCUT2D eigenvalue weighted by atomic mass is 16.2. The molecule has 1 saturated carbocycles. The number of hydrogen-bond donors (Lipinski definition) is 1. The molecule has 0 atom stereocenters. The van der Waals surface area contributed by atoms with Crippen LogP contribution in [-0.2, 0) is 6.42 Å². The zero-order valence-electron chi connectivity index (χ0n) is 25.2. The Labute approximate surface area is 258 Å². The number of carbonyl (C=O) groups excluding carboxylic acids is 2. The van der Waals surface area contributed by atoms with Crippen molar-refractivity contribution in [3.05, 3.63) is 118 Å². The zero-order chi connectivity index (χ0) is 30.2. The molecule has 0 aromatic heterocycles. The number of piperidine rings is 1. The molecule has 3 aliphatic heterocycles. The van der Waals surface area contributed by atoms with Gasteiger partial charge in [-0.2, -0.15) is 5.10 Å². The second kappa shape index (κ2) is 11.7. The average Bonchev–Trinajstić information content (AvgIpc) is 3.90. The lowest BCUT2D eigenvalue weighted by molar-refractivity contribution is 0.0724. The molecule has 2 amide bonds. The molecule has 3 aromatic rings. The molecule has 0 spiro atoms. The minimum absolute atomic E-state index is 0.0439. The Balaban J connectivity index is 1.13. The zero-order valence-corrected chi connectivity index (χ0v) is 25.2. The number of benzene rings is 3. The molecule has 44 heavy (non-hydrogen) atoms. The lowest BCUT2D eigenvalue weighted by Gasteiger charge is -2.31. The van der Waals surface area contributed by atoms with Crippen LogP contribution in [0, 0.1) is 6.92 Å². The first-order valence-corrected chi connectivity index (χ1v) is 15.7. The highest BCUT2D eigenvalue weighted by Crippen LogP contribution is 2.41. The molecule has 1 aliphatic carbocycles. The molecule has 0 unspecified atom stereocenters. The van der Waals surface area contributed by atoms with E-state index in [2.05, 4.69) is 34.2 Å². The van der Waals surface area contributed by atoms with Crippen molar-refractivity contribution in [2.45, 2.75) is 51.4 Å². The largest absolute Gasteiger partial charge is 0.339 e. The Kier molecular flexibility index (Phi) is 7.46. The van der Waals surface area contributed by atoms with Crippen molar-refractivity contribution in [2.75, 3.05) is 24.5 Å². The number of nitrogens with one attached hydrogen (secondary N) is 1. The molecule has 0 bridgehead atoms. The molecule has 1 saturated heterocycles. The first-order chi connectivity index (χ1) is 21.5. The van der Waals surface area contributed by atoms with Gasteiger partial charge in [0.1, 0.15) is 6.34 Å². The van der Waals surface area contributed by atoms with Crippen LogP contribution in [0.4, 0.5) is 5.69 Å². The van der Waals surface area contributed by atoms with Gasteiger partial charge in [-0.25, -0.2) is 4.99 Å². The van der Waals surface area contributed by atoms with Crippen molar-refractivity contribution in [1.82, 2.24) is 10.3 Å². The predicted molar refractivity (Wildman–Crippen MR) is 176 cm³/mol. The first-order valence-electron chi connectivity index (χ1n) is 15.7. The molecule has 7 rings (SSSR count). The normalized spacial score (nSPS) is 20.5. The van der Waals surface area contributed by atoms with Crippen LogP contribution in [0.3, 0.4) is 0 Å². The van der Waals surface area contributed by atoms with E-state index in [0.29, 0.717) is 23.7 Å². The minimum atomic E-state index is 0.0439. The number of anilines is 1. The molecule has 222 valence electrons. The Morgan fingerprint density at radius 2 is 1.75 bits per heavy atom. The van der Waals surface area contributed by atoms with E-state index in [1.54, 1.807) is 0 Å². The van der Waals surface area contributed by atoms with Crippen LogP contribution < -0.4 is 10.3 Å². The van der Waals surface area contributed by atoms with E-state index in [1.807, 2.05) is 71.3 Å². The fourth-order valence-electron chi connectivity index (χ4n) is 6.59. The SMILES string of the molecule is C=C1/C=C(/c2ccc(C(=O)N3CCCCC3)cc2)N/N=C\N=C1c1cccc(N2CCc3cc(C4CC4)ccc3C2=O)c1C. The van der Waals surface area contributed by atoms with E-state index < -0.39 is 0 Å². The summed E-state index contributed by atoms with van der Waals surface area (Å²) >= 11 is 0. The number of nitrogens with zero attached hydrogens (tertiary/aromatic N) is 4. The molecule has 3 heterocycles. The van der Waals surface area contributed by atoms with E-state index >= 15 is 0 Å². The van der Waals surface area contributed by atoms with E-state index in [-0.39, 0.29) is 11.8 Å². The summed E-state index contributed by atoms with van der Waals surface area (Å²) in [4.78, 5) is 35.1. The van der Waals surface area contributed by atoms with Crippen LogP contribution in [0.1, 0.15) is 86.6 Å². The summed E-state index contributed by atoms with van der Waals surface area (Å²) in [6.07, 6.45) is 10.1. The summed E-state index contributed by atoms with van der Waals surface area (Å²) < 4.78 is 0. The van der Waals surface area contributed by atoms with Crippen molar-refractivity contribution in [3.8, 4) is 0 Å². The highest BCUT2D eigenvalue weighted by molar-refractivity contribution is 6.19. The standard InChI is InChI=1S/C37H37N5O2/c1-24-21-33(27-11-13-28(14-12-27)36(43)41-18-4-3-5-19-41)40-39-23-38-35(24)31-7-6-8-34(25(31)2)42-20-17-30-22-29(26-9-10-26)15-16-32(30)37(42)44/h6-8,11-16,21-23,26,40H,1,3-5,9-10,17-20H2,2H3/b33-21-,38-35?,39-23-. The molecule has 3 aromatic carbocycles. The van der Waals surface area contributed by atoms with Gasteiger partial charge in [-0.1, -0.05) is 43.0 Å². The number of carbonyl (C=O) groups is 2.